The van der Waals surface area contributed by atoms with Crippen LogP contribution >= 0.6 is 0 Å². The molecule has 0 aliphatic carbocycles. The molecular formula is C32H64O6. The number of cyclic esters (lactones) is 1. The maximum atomic E-state index is 11.3. The summed E-state index contributed by atoms with van der Waals surface area (Å²) in [6, 6.07) is 0. The Balaban J connectivity index is 0. The van der Waals surface area contributed by atoms with Crippen molar-refractivity contribution in [1.29, 1.82) is 0 Å². The van der Waals surface area contributed by atoms with E-state index in [1.54, 1.807) is 0 Å². The highest BCUT2D eigenvalue weighted by molar-refractivity contribution is 5.69. The summed E-state index contributed by atoms with van der Waals surface area (Å²) < 4.78 is 9.93. The molecule has 1 aliphatic heterocycles. The molecular weight excluding hydrogens is 480 g/mol. The normalized spacial score (nSPS) is 12.9. The van der Waals surface area contributed by atoms with E-state index in [4.69, 9.17) is 19.7 Å². The number of aliphatic hydroxyl groups excluding tert-OH is 2. The number of carbonyl (C=O) groups excluding carboxylic acids is 2. The van der Waals surface area contributed by atoms with Crippen molar-refractivity contribution in [2.24, 2.45) is 0 Å². The lowest BCUT2D eigenvalue weighted by Gasteiger charge is -2.05. The first-order chi connectivity index (χ1) is 18.6. The highest BCUT2D eigenvalue weighted by Gasteiger charge is 2.05. The monoisotopic (exact) mass is 544 g/mol. The van der Waals surface area contributed by atoms with Crippen molar-refractivity contribution in [3.63, 3.8) is 0 Å². The number of hydrogen-bond acceptors (Lipinski definition) is 6. The molecule has 0 amide bonds. The summed E-state index contributed by atoms with van der Waals surface area (Å²) in [5.41, 5.74) is 0. The first-order valence-electron chi connectivity index (χ1n) is 16.1. The smallest absolute Gasteiger partial charge is 0.305 e. The Morgan fingerprint density at radius 1 is 0.658 bits per heavy atom. The molecule has 0 bridgehead atoms. The van der Waals surface area contributed by atoms with Crippen LogP contribution in [0.2, 0.25) is 0 Å². The maximum Gasteiger partial charge on any atom is 0.305 e. The van der Waals surface area contributed by atoms with Gasteiger partial charge in [0.2, 0.25) is 0 Å². The Morgan fingerprint density at radius 3 is 1.66 bits per heavy atom. The molecule has 228 valence electrons. The van der Waals surface area contributed by atoms with Crippen LogP contribution < -0.4 is 0 Å². The van der Waals surface area contributed by atoms with Gasteiger partial charge in [-0.15, -0.1) is 0 Å². The molecule has 1 saturated heterocycles. The highest BCUT2D eigenvalue weighted by Crippen LogP contribution is 2.09. The highest BCUT2D eigenvalue weighted by atomic mass is 16.5. The van der Waals surface area contributed by atoms with Crippen LogP contribution in [0.15, 0.2) is 0 Å². The quantitative estimate of drug-likeness (QED) is 0.105. The molecule has 38 heavy (non-hydrogen) atoms. The average molecular weight is 545 g/mol. The van der Waals surface area contributed by atoms with Gasteiger partial charge in [0.15, 0.2) is 0 Å². The van der Waals surface area contributed by atoms with Crippen LogP contribution in [0.1, 0.15) is 168 Å². The fraction of sp³-hybridized carbons (Fsp3) is 0.938. The third-order valence-electron chi connectivity index (χ3n) is 6.60. The number of rotatable bonds is 22. The summed E-state index contributed by atoms with van der Waals surface area (Å²) >= 11 is 0. The van der Waals surface area contributed by atoms with E-state index >= 15 is 0 Å². The lowest BCUT2D eigenvalue weighted by atomic mass is 10.1. The molecule has 1 aliphatic rings. The Kier molecular flexibility index (Phi) is 36.8. The maximum absolute atomic E-state index is 11.3. The van der Waals surface area contributed by atoms with Crippen LogP contribution in [0.4, 0.5) is 0 Å². The Labute approximate surface area is 235 Å². The second-order valence-corrected chi connectivity index (χ2v) is 10.5. The number of carbonyl (C=O) groups is 2. The second-order valence-electron chi connectivity index (χ2n) is 10.5. The minimum Gasteiger partial charge on any atom is -0.466 e. The minimum atomic E-state index is -0.0825. The van der Waals surface area contributed by atoms with Gasteiger partial charge in [-0.05, 0) is 44.9 Å². The van der Waals surface area contributed by atoms with Crippen LogP contribution in [0.5, 0.6) is 0 Å². The number of aliphatic hydroxyl groups is 2. The fourth-order valence-electron chi connectivity index (χ4n) is 4.10. The Hall–Kier alpha value is -1.14. The number of esters is 2. The van der Waals surface area contributed by atoms with Crippen LogP contribution in [-0.2, 0) is 19.1 Å². The first-order valence-corrected chi connectivity index (χ1v) is 16.1. The first kappa shape index (κ1) is 39.0. The summed E-state index contributed by atoms with van der Waals surface area (Å²) in [5, 5.41) is 17.1. The number of ether oxygens (including phenoxy) is 2. The van der Waals surface area contributed by atoms with E-state index in [1.807, 2.05) is 0 Å². The Morgan fingerprint density at radius 2 is 1.13 bits per heavy atom. The summed E-state index contributed by atoms with van der Waals surface area (Å²) in [4.78, 5) is 21.8. The van der Waals surface area contributed by atoms with Crippen molar-refractivity contribution in [3.05, 3.63) is 0 Å². The van der Waals surface area contributed by atoms with Gasteiger partial charge in [0, 0.05) is 26.1 Å². The largest absolute Gasteiger partial charge is 0.466 e. The third kappa shape index (κ3) is 37.0. The standard InChI is InChI=1S/C16H32O3.C10H22O.C6H10O2/c1-2-3-4-5-6-7-8-12-15-19-16(18)13-10-9-11-14-17;1-2-3-4-5-6-7-8-9-10-11;7-6-4-2-1-3-5-8-6/h17H,2-15H2,1H3;11H,2-10H2,1H3;1-5H2. The van der Waals surface area contributed by atoms with Gasteiger partial charge in [-0.1, -0.05) is 110 Å². The minimum absolute atomic E-state index is 0.0255. The molecule has 2 N–H and O–H groups in total. The number of unbranched alkanes of at least 4 members (excludes halogenated alkanes) is 16. The summed E-state index contributed by atoms with van der Waals surface area (Å²) in [5.74, 6) is -0.108. The fourth-order valence-corrected chi connectivity index (χ4v) is 4.10. The van der Waals surface area contributed by atoms with Crippen LogP contribution in [0.3, 0.4) is 0 Å². The van der Waals surface area contributed by atoms with Crippen LogP contribution in [0, 0.1) is 0 Å². The van der Waals surface area contributed by atoms with Crippen molar-refractivity contribution in [3.8, 4) is 0 Å². The topological polar surface area (TPSA) is 93.1 Å². The van der Waals surface area contributed by atoms with Gasteiger partial charge in [0.25, 0.3) is 0 Å². The van der Waals surface area contributed by atoms with Crippen molar-refractivity contribution in [2.75, 3.05) is 26.4 Å². The lowest BCUT2D eigenvalue weighted by molar-refractivity contribution is -0.144. The van der Waals surface area contributed by atoms with E-state index in [0.29, 0.717) is 32.7 Å². The van der Waals surface area contributed by atoms with E-state index in [-0.39, 0.29) is 18.5 Å². The van der Waals surface area contributed by atoms with Gasteiger partial charge in [0.05, 0.1) is 13.2 Å². The molecule has 0 spiro atoms. The average Bonchev–Trinajstić information content (AvgIpc) is 3.18. The molecule has 0 saturated carbocycles. The molecule has 1 rings (SSSR count). The Bertz CT molecular complexity index is 451. The van der Waals surface area contributed by atoms with Crippen molar-refractivity contribution >= 4 is 11.9 Å². The van der Waals surface area contributed by atoms with Gasteiger partial charge in [-0.3, -0.25) is 9.59 Å². The molecule has 0 radical (unpaired) electrons. The molecule has 0 unspecified atom stereocenters. The van der Waals surface area contributed by atoms with Crippen LogP contribution in [0.25, 0.3) is 0 Å². The van der Waals surface area contributed by atoms with Gasteiger partial charge >= 0.3 is 11.9 Å². The van der Waals surface area contributed by atoms with Crippen molar-refractivity contribution < 1.29 is 29.3 Å². The van der Waals surface area contributed by atoms with E-state index in [1.165, 1.54) is 89.9 Å². The van der Waals surface area contributed by atoms with Crippen LogP contribution in [-0.4, -0.2) is 48.6 Å². The van der Waals surface area contributed by atoms with Gasteiger partial charge in [-0.2, -0.15) is 0 Å². The molecule has 6 nitrogen and oxygen atoms in total. The zero-order valence-electron chi connectivity index (χ0n) is 25.3. The SMILES string of the molecule is CCCCCCCCCCO.CCCCCCCCCCOC(=O)CCCCCO.O=C1CCCCCO1. The zero-order valence-corrected chi connectivity index (χ0v) is 25.3. The number of hydrogen-bond donors (Lipinski definition) is 2. The second kappa shape index (κ2) is 35.9. The van der Waals surface area contributed by atoms with Gasteiger partial charge in [-0.25, -0.2) is 0 Å². The van der Waals surface area contributed by atoms with Gasteiger partial charge < -0.3 is 19.7 Å². The molecule has 6 heteroatoms. The summed E-state index contributed by atoms with van der Waals surface area (Å²) in [7, 11) is 0. The zero-order chi connectivity index (χ0) is 28.4. The van der Waals surface area contributed by atoms with E-state index in [9.17, 15) is 9.59 Å². The molecule has 0 aromatic heterocycles. The molecule has 0 aromatic rings. The van der Waals surface area contributed by atoms with Gasteiger partial charge in [0.1, 0.15) is 0 Å². The predicted octanol–water partition coefficient (Wildman–Crippen LogP) is 8.45. The lowest BCUT2D eigenvalue weighted by Crippen LogP contribution is -2.05. The molecule has 1 fully saturated rings. The summed E-state index contributed by atoms with van der Waals surface area (Å²) in [6.07, 6.45) is 27.3. The van der Waals surface area contributed by atoms with E-state index in [2.05, 4.69) is 13.8 Å². The predicted molar refractivity (Wildman–Crippen MR) is 158 cm³/mol. The van der Waals surface area contributed by atoms with E-state index in [0.717, 1.165) is 51.4 Å². The molecule has 0 aromatic carbocycles. The van der Waals surface area contributed by atoms with Crippen molar-refractivity contribution in [2.45, 2.75) is 168 Å². The third-order valence-corrected chi connectivity index (χ3v) is 6.60. The summed E-state index contributed by atoms with van der Waals surface area (Å²) in [6.45, 7) is 6.28. The van der Waals surface area contributed by atoms with Crippen molar-refractivity contribution in [1.82, 2.24) is 0 Å². The molecule has 1 heterocycles. The molecule has 0 atom stereocenters. The van der Waals surface area contributed by atoms with E-state index < -0.39 is 0 Å².